The molecule has 1 rings (SSSR count). The van der Waals surface area contributed by atoms with Crippen LogP contribution in [0.25, 0.3) is 0 Å². The number of nitriles is 1. The lowest BCUT2D eigenvalue weighted by Crippen LogP contribution is -2.33. The van der Waals surface area contributed by atoms with Crippen molar-refractivity contribution in [3.8, 4) is 6.07 Å². The Hall–Kier alpha value is -1.33. The zero-order valence-electron chi connectivity index (χ0n) is 12.7. The molecule has 19 heavy (non-hydrogen) atoms. The van der Waals surface area contributed by atoms with Crippen LogP contribution in [0.5, 0.6) is 0 Å². The lowest BCUT2D eigenvalue weighted by atomic mass is 9.83. The molecular weight excluding hydrogens is 232 g/mol. The SMILES string of the molecule is CC(C)c1ccc(C(C)(C)CNCCCC#N)cc1. The van der Waals surface area contributed by atoms with E-state index in [9.17, 15) is 0 Å². The molecule has 0 aromatic heterocycles. The van der Waals surface area contributed by atoms with Gasteiger partial charge in [-0.25, -0.2) is 0 Å². The summed E-state index contributed by atoms with van der Waals surface area (Å²) in [5.74, 6) is 0.585. The van der Waals surface area contributed by atoms with E-state index >= 15 is 0 Å². The van der Waals surface area contributed by atoms with E-state index in [1.807, 2.05) is 0 Å². The minimum Gasteiger partial charge on any atom is -0.316 e. The molecule has 0 atom stereocenters. The van der Waals surface area contributed by atoms with Gasteiger partial charge >= 0.3 is 0 Å². The standard InChI is InChI=1S/C17H26N2/c1-14(2)15-7-9-16(10-8-15)17(3,4)13-19-12-6-5-11-18/h7-10,14,19H,5-6,12-13H2,1-4H3. The molecule has 0 saturated carbocycles. The number of nitrogens with zero attached hydrogens (tertiary/aromatic N) is 1. The maximum Gasteiger partial charge on any atom is 0.0622 e. The smallest absolute Gasteiger partial charge is 0.0622 e. The van der Waals surface area contributed by atoms with E-state index in [4.69, 9.17) is 5.26 Å². The zero-order valence-corrected chi connectivity index (χ0v) is 12.7. The van der Waals surface area contributed by atoms with Crippen LogP contribution in [0.2, 0.25) is 0 Å². The van der Waals surface area contributed by atoms with Gasteiger partial charge in [0.2, 0.25) is 0 Å². The molecule has 0 amide bonds. The highest BCUT2D eigenvalue weighted by Gasteiger charge is 2.19. The van der Waals surface area contributed by atoms with Crippen molar-refractivity contribution in [2.75, 3.05) is 13.1 Å². The quantitative estimate of drug-likeness (QED) is 0.751. The molecule has 0 saturated heterocycles. The average molecular weight is 258 g/mol. The molecule has 2 heteroatoms. The average Bonchev–Trinajstić information content (AvgIpc) is 2.38. The van der Waals surface area contributed by atoms with Crippen molar-refractivity contribution >= 4 is 0 Å². The summed E-state index contributed by atoms with van der Waals surface area (Å²) in [6, 6.07) is 11.1. The Bertz CT molecular complexity index is 410. The highest BCUT2D eigenvalue weighted by atomic mass is 14.9. The van der Waals surface area contributed by atoms with Crippen LogP contribution < -0.4 is 5.32 Å². The fraction of sp³-hybridized carbons (Fsp3) is 0.588. The van der Waals surface area contributed by atoms with Crippen LogP contribution >= 0.6 is 0 Å². The van der Waals surface area contributed by atoms with Crippen molar-refractivity contribution in [1.29, 1.82) is 5.26 Å². The summed E-state index contributed by atoms with van der Waals surface area (Å²) in [5, 5.41) is 11.9. The van der Waals surface area contributed by atoms with E-state index in [0.29, 0.717) is 12.3 Å². The molecule has 0 heterocycles. The van der Waals surface area contributed by atoms with Crippen LogP contribution in [-0.4, -0.2) is 13.1 Å². The van der Waals surface area contributed by atoms with Crippen LogP contribution in [0.1, 0.15) is 57.6 Å². The van der Waals surface area contributed by atoms with E-state index in [1.54, 1.807) is 0 Å². The highest BCUT2D eigenvalue weighted by Crippen LogP contribution is 2.24. The van der Waals surface area contributed by atoms with E-state index < -0.39 is 0 Å². The van der Waals surface area contributed by atoms with Crippen LogP contribution in [0.4, 0.5) is 0 Å². The molecule has 0 aliphatic heterocycles. The van der Waals surface area contributed by atoms with Gasteiger partial charge in [0, 0.05) is 18.4 Å². The number of nitrogens with one attached hydrogen (secondary N) is 1. The van der Waals surface area contributed by atoms with Gasteiger partial charge in [0.1, 0.15) is 0 Å². The molecule has 0 unspecified atom stereocenters. The number of hydrogen-bond acceptors (Lipinski definition) is 2. The Morgan fingerprint density at radius 3 is 2.37 bits per heavy atom. The van der Waals surface area contributed by atoms with Gasteiger partial charge in [-0.15, -0.1) is 0 Å². The van der Waals surface area contributed by atoms with Crippen LogP contribution in [0.15, 0.2) is 24.3 Å². The highest BCUT2D eigenvalue weighted by molar-refractivity contribution is 5.29. The number of rotatable bonds is 7. The van der Waals surface area contributed by atoms with Gasteiger partial charge in [0.25, 0.3) is 0 Å². The first-order chi connectivity index (χ1) is 8.97. The van der Waals surface area contributed by atoms with E-state index in [1.165, 1.54) is 11.1 Å². The normalized spacial score (nSPS) is 11.6. The maximum absolute atomic E-state index is 8.50. The predicted molar refractivity (Wildman–Crippen MR) is 81.3 cm³/mol. The molecule has 2 nitrogen and oxygen atoms in total. The monoisotopic (exact) mass is 258 g/mol. The molecule has 0 aliphatic carbocycles. The molecule has 0 radical (unpaired) electrons. The summed E-state index contributed by atoms with van der Waals surface area (Å²) < 4.78 is 0. The fourth-order valence-corrected chi connectivity index (χ4v) is 2.11. The van der Waals surface area contributed by atoms with Crippen LogP contribution in [0.3, 0.4) is 0 Å². The molecule has 0 fully saturated rings. The third-order valence-electron chi connectivity index (χ3n) is 3.57. The van der Waals surface area contributed by atoms with Gasteiger partial charge in [-0.2, -0.15) is 5.26 Å². The number of unbranched alkanes of at least 4 members (excludes halogenated alkanes) is 1. The third kappa shape index (κ3) is 5.04. The zero-order chi connectivity index (χ0) is 14.3. The maximum atomic E-state index is 8.50. The first-order valence-electron chi connectivity index (χ1n) is 7.15. The van der Waals surface area contributed by atoms with Crippen LogP contribution in [-0.2, 0) is 5.41 Å². The van der Waals surface area contributed by atoms with Gasteiger partial charge in [0.05, 0.1) is 6.07 Å². The van der Waals surface area contributed by atoms with Crippen LogP contribution in [0, 0.1) is 11.3 Å². The van der Waals surface area contributed by atoms with E-state index in [2.05, 4.69) is 63.3 Å². The Balaban J connectivity index is 2.54. The van der Waals surface area contributed by atoms with Crippen molar-refractivity contribution < 1.29 is 0 Å². The van der Waals surface area contributed by atoms with E-state index in [-0.39, 0.29) is 5.41 Å². The molecule has 0 bridgehead atoms. The summed E-state index contributed by atoms with van der Waals surface area (Å²) in [7, 11) is 0. The van der Waals surface area contributed by atoms with Gasteiger partial charge in [-0.3, -0.25) is 0 Å². The summed E-state index contributed by atoms with van der Waals surface area (Å²) >= 11 is 0. The van der Waals surface area contributed by atoms with Crippen molar-refractivity contribution in [1.82, 2.24) is 5.32 Å². The Labute approximate surface area is 117 Å². The molecule has 0 spiro atoms. The number of hydrogen-bond donors (Lipinski definition) is 1. The second-order valence-corrected chi connectivity index (χ2v) is 6.10. The second-order valence-electron chi connectivity index (χ2n) is 6.10. The lowest BCUT2D eigenvalue weighted by Gasteiger charge is -2.26. The largest absolute Gasteiger partial charge is 0.316 e. The fourth-order valence-electron chi connectivity index (χ4n) is 2.11. The van der Waals surface area contributed by atoms with Gasteiger partial charge in [-0.05, 0) is 30.0 Å². The van der Waals surface area contributed by atoms with Crippen molar-refractivity contribution in [2.45, 2.75) is 51.9 Å². The van der Waals surface area contributed by atoms with Crippen molar-refractivity contribution in [3.63, 3.8) is 0 Å². The molecule has 1 N–H and O–H groups in total. The third-order valence-corrected chi connectivity index (χ3v) is 3.57. The van der Waals surface area contributed by atoms with Gasteiger partial charge in [0.15, 0.2) is 0 Å². The molecule has 1 aromatic carbocycles. The summed E-state index contributed by atoms with van der Waals surface area (Å²) in [6.45, 7) is 10.8. The Morgan fingerprint density at radius 2 is 1.84 bits per heavy atom. The lowest BCUT2D eigenvalue weighted by molar-refractivity contribution is 0.467. The Morgan fingerprint density at radius 1 is 1.21 bits per heavy atom. The first kappa shape index (κ1) is 15.7. The molecule has 0 aliphatic rings. The van der Waals surface area contributed by atoms with E-state index in [0.717, 1.165) is 19.5 Å². The Kier molecular flexibility index (Phi) is 6.05. The number of benzene rings is 1. The van der Waals surface area contributed by atoms with Crippen molar-refractivity contribution in [3.05, 3.63) is 35.4 Å². The van der Waals surface area contributed by atoms with Crippen molar-refractivity contribution in [2.24, 2.45) is 0 Å². The summed E-state index contributed by atoms with van der Waals surface area (Å²) in [5.41, 5.74) is 2.88. The predicted octanol–water partition coefficient (Wildman–Crippen LogP) is 3.98. The summed E-state index contributed by atoms with van der Waals surface area (Å²) in [6.07, 6.45) is 1.56. The van der Waals surface area contributed by atoms with Gasteiger partial charge < -0.3 is 5.32 Å². The molecular formula is C17H26N2. The minimum atomic E-state index is 0.127. The first-order valence-corrected chi connectivity index (χ1v) is 7.15. The second kappa shape index (κ2) is 7.31. The van der Waals surface area contributed by atoms with Gasteiger partial charge in [-0.1, -0.05) is 52.0 Å². The molecule has 104 valence electrons. The topological polar surface area (TPSA) is 35.8 Å². The summed E-state index contributed by atoms with van der Waals surface area (Å²) in [4.78, 5) is 0. The minimum absolute atomic E-state index is 0.127. The molecule has 1 aromatic rings.